The van der Waals surface area contributed by atoms with E-state index in [1.54, 1.807) is 6.08 Å². The fourth-order valence-electron chi connectivity index (χ4n) is 10.3. The number of allylic oxidation sites excluding steroid dienone is 1. The van der Waals surface area contributed by atoms with E-state index in [9.17, 15) is 19.8 Å². The van der Waals surface area contributed by atoms with Crippen LogP contribution in [0, 0.1) is 0 Å². The molecule has 6 nitrogen and oxygen atoms in total. The molecule has 0 aliphatic heterocycles. The van der Waals surface area contributed by atoms with Gasteiger partial charge in [0.15, 0.2) is 0 Å². The highest BCUT2D eigenvalue weighted by Crippen LogP contribution is 2.18. The molecule has 2 unspecified atom stereocenters. The zero-order valence-electron chi connectivity index (χ0n) is 48.2. The van der Waals surface area contributed by atoms with Gasteiger partial charge in [0.1, 0.15) is 0 Å². The van der Waals surface area contributed by atoms with Gasteiger partial charge in [-0.1, -0.05) is 334 Å². The van der Waals surface area contributed by atoms with Crippen molar-refractivity contribution in [1.29, 1.82) is 0 Å². The molecule has 2 atom stereocenters. The number of amides is 1. The number of hydrogen-bond donors (Lipinski definition) is 3. The molecule has 0 aromatic heterocycles. The highest BCUT2D eigenvalue weighted by Gasteiger charge is 2.18. The summed E-state index contributed by atoms with van der Waals surface area (Å²) in [5.41, 5.74) is 0. The molecule has 71 heavy (non-hydrogen) atoms. The van der Waals surface area contributed by atoms with Crippen molar-refractivity contribution in [2.45, 2.75) is 379 Å². The lowest BCUT2D eigenvalue weighted by atomic mass is 10.0. The predicted molar refractivity (Wildman–Crippen MR) is 310 cm³/mol. The summed E-state index contributed by atoms with van der Waals surface area (Å²) in [5, 5.41) is 23.2. The number of carbonyl (C=O) groups excluding carboxylic acids is 2. The van der Waals surface area contributed by atoms with Crippen molar-refractivity contribution in [3.63, 3.8) is 0 Å². The van der Waals surface area contributed by atoms with Crippen LogP contribution in [0.4, 0.5) is 0 Å². The third-order valence-corrected chi connectivity index (χ3v) is 15.3. The van der Waals surface area contributed by atoms with E-state index in [-0.39, 0.29) is 18.5 Å². The summed E-state index contributed by atoms with van der Waals surface area (Å²) >= 11 is 0. The van der Waals surface area contributed by atoms with Crippen LogP contribution in [0.15, 0.2) is 12.2 Å². The van der Waals surface area contributed by atoms with Crippen LogP contribution < -0.4 is 5.32 Å². The number of rotatable bonds is 61. The number of nitrogens with one attached hydrogen (secondary N) is 1. The number of unbranched alkanes of at least 4 members (excludes halogenated alkanes) is 50. The highest BCUT2D eigenvalue weighted by atomic mass is 16.5. The molecular weight excluding hydrogens is 875 g/mol. The highest BCUT2D eigenvalue weighted by molar-refractivity contribution is 5.76. The molecule has 0 fully saturated rings. The van der Waals surface area contributed by atoms with Gasteiger partial charge in [-0.15, -0.1) is 0 Å². The average Bonchev–Trinajstić information content (AvgIpc) is 3.37. The minimum absolute atomic E-state index is 0.00897. The number of esters is 1. The van der Waals surface area contributed by atoms with Gasteiger partial charge in [-0.05, 0) is 32.1 Å². The zero-order chi connectivity index (χ0) is 51.4. The molecule has 1 amide bonds. The van der Waals surface area contributed by atoms with Gasteiger partial charge >= 0.3 is 5.97 Å². The van der Waals surface area contributed by atoms with Crippen molar-refractivity contribution >= 4 is 11.9 Å². The number of carbonyl (C=O) groups is 2. The smallest absolute Gasteiger partial charge is 0.305 e. The molecule has 0 saturated carbocycles. The van der Waals surface area contributed by atoms with Crippen LogP contribution in [0.5, 0.6) is 0 Å². The van der Waals surface area contributed by atoms with E-state index in [1.165, 1.54) is 302 Å². The lowest BCUT2D eigenvalue weighted by Crippen LogP contribution is -2.45. The second kappa shape index (κ2) is 61.1. The zero-order valence-corrected chi connectivity index (χ0v) is 48.2. The Morgan fingerprint density at radius 3 is 0.958 bits per heavy atom. The Hall–Kier alpha value is -1.40. The van der Waals surface area contributed by atoms with Crippen molar-refractivity contribution in [3.05, 3.63) is 12.2 Å². The monoisotopic (exact) mass is 1000 g/mol. The molecule has 6 heteroatoms. The second-order valence-corrected chi connectivity index (χ2v) is 22.5. The standard InChI is InChI=1S/C65H127NO5/c1-3-5-7-9-11-13-15-16-17-18-19-20-21-22-23-25-28-31-34-38-41-45-49-53-57-63(68)62(61-67)66-64(69)58-54-50-46-42-39-35-32-29-26-24-27-30-33-36-40-44-48-52-56-60-71-65(70)59-55-51-47-43-37-14-12-10-8-6-4-2/h53,57,62-63,67-68H,3-52,54-56,58-61H2,1-2H3,(H,66,69)/b57-53+. The summed E-state index contributed by atoms with van der Waals surface area (Å²) < 4.78 is 5.47. The van der Waals surface area contributed by atoms with Crippen molar-refractivity contribution in [3.8, 4) is 0 Å². The maximum Gasteiger partial charge on any atom is 0.305 e. The molecule has 422 valence electrons. The average molecular weight is 1000 g/mol. The maximum atomic E-state index is 12.5. The molecule has 0 heterocycles. The summed E-state index contributed by atoms with van der Waals surface area (Å²) in [6.45, 7) is 4.93. The normalized spacial score (nSPS) is 12.6. The van der Waals surface area contributed by atoms with Crippen LogP contribution in [-0.2, 0) is 14.3 Å². The molecule has 0 rings (SSSR count). The molecule has 3 N–H and O–H groups in total. The topological polar surface area (TPSA) is 95.9 Å². The molecular formula is C65H127NO5. The SMILES string of the molecule is CCCCCCCCCCCCCCCCCCCCCCCC/C=C/C(O)C(CO)NC(=O)CCCCCCCCCCCCCCCCCCCCCOC(=O)CCCCCCCCCCCCC. The third kappa shape index (κ3) is 57.7. The van der Waals surface area contributed by atoms with Gasteiger partial charge in [0, 0.05) is 12.8 Å². The summed E-state index contributed by atoms with van der Waals surface area (Å²) in [7, 11) is 0. The third-order valence-electron chi connectivity index (χ3n) is 15.3. The van der Waals surface area contributed by atoms with Gasteiger partial charge in [-0.25, -0.2) is 0 Å². The van der Waals surface area contributed by atoms with Crippen molar-refractivity contribution in [1.82, 2.24) is 5.32 Å². The van der Waals surface area contributed by atoms with Crippen LogP contribution >= 0.6 is 0 Å². The van der Waals surface area contributed by atoms with Crippen LogP contribution in [0.2, 0.25) is 0 Å². The van der Waals surface area contributed by atoms with Crippen LogP contribution in [-0.4, -0.2) is 47.4 Å². The summed E-state index contributed by atoms with van der Waals surface area (Å²) in [4.78, 5) is 24.5. The minimum Gasteiger partial charge on any atom is -0.466 e. The molecule has 0 bridgehead atoms. The minimum atomic E-state index is -0.847. The van der Waals surface area contributed by atoms with Gasteiger partial charge in [-0.3, -0.25) is 9.59 Å². The first kappa shape index (κ1) is 69.6. The summed E-state index contributed by atoms with van der Waals surface area (Å²) in [6, 6.07) is -0.630. The largest absolute Gasteiger partial charge is 0.466 e. The van der Waals surface area contributed by atoms with E-state index in [0.717, 1.165) is 38.5 Å². The molecule has 0 aromatic carbocycles. The number of ether oxygens (including phenoxy) is 1. The number of hydrogen-bond acceptors (Lipinski definition) is 5. The Balaban J connectivity index is 3.43. The van der Waals surface area contributed by atoms with Gasteiger partial charge in [0.2, 0.25) is 5.91 Å². The van der Waals surface area contributed by atoms with E-state index in [1.807, 2.05) is 6.08 Å². The van der Waals surface area contributed by atoms with E-state index in [0.29, 0.717) is 19.4 Å². The van der Waals surface area contributed by atoms with Crippen molar-refractivity contribution < 1.29 is 24.5 Å². The lowest BCUT2D eigenvalue weighted by molar-refractivity contribution is -0.143. The van der Waals surface area contributed by atoms with E-state index in [2.05, 4.69) is 19.2 Å². The van der Waals surface area contributed by atoms with Gasteiger partial charge < -0.3 is 20.3 Å². The Bertz CT molecular complexity index is 1060. The first-order valence-electron chi connectivity index (χ1n) is 32.5. The van der Waals surface area contributed by atoms with E-state index >= 15 is 0 Å². The Morgan fingerprint density at radius 2 is 0.648 bits per heavy atom. The lowest BCUT2D eigenvalue weighted by Gasteiger charge is -2.20. The Morgan fingerprint density at radius 1 is 0.380 bits per heavy atom. The van der Waals surface area contributed by atoms with E-state index in [4.69, 9.17) is 4.74 Å². The maximum absolute atomic E-state index is 12.5. The van der Waals surface area contributed by atoms with Gasteiger partial charge in [0.05, 0.1) is 25.4 Å². The molecule has 0 aliphatic rings. The first-order valence-corrected chi connectivity index (χ1v) is 32.5. The number of aliphatic hydroxyl groups excluding tert-OH is 2. The molecule has 0 aliphatic carbocycles. The second-order valence-electron chi connectivity index (χ2n) is 22.5. The first-order chi connectivity index (χ1) is 35.0. The van der Waals surface area contributed by atoms with Crippen LogP contribution in [0.3, 0.4) is 0 Å². The molecule has 0 aromatic rings. The number of aliphatic hydroxyl groups is 2. The Kier molecular flexibility index (Phi) is 59.9. The molecule has 0 saturated heterocycles. The van der Waals surface area contributed by atoms with Crippen molar-refractivity contribution in [2.75, 3.05) is 13.2 Å². The van der Waals surface area contributed by atoms with Crippen LogP contribution in [0.1, 0.15) is 367 Å². The molecule has 0 radical (unpaired) electrons. The quantitative estimate of drug-likeness (QED) is 0.0320. The summed E-state index contributed by atoms with van der Waals surface area (Å²) in [6.07, 6.45) is 74.0. The predicted octanol–water partition coefficient (Wildman–Crippen LogP) is 20.4. The Labute approximate surface area is 444 Å². The fourth-order valence-corrected chi connectivity index (χ4v) is 10.3. The fraction of sp³-hybridized carbons (Fsp3) is 0.938. The van der Waals surface area contributed by atoms with E-state index < -0.39 is 12.1 Å². The summed E-state index contributed by atoms with van der Waals surface area (Å²) in [5.74, 6) is -0.0574. The molecule has 0 spiro atoms. The van der Waals surface area contributed by atoms with Crippen LogP contribution in [0.25, 0.3) is 0 Å². The van der Waals surface area contributed by atoms with Gasteiger partial charge in [0.25, 0.3) is 0 Å². The van der Waals surface area contributed by atoms with Crippen molar-refractivity contribution in [2.24, 2.45) is 0 Å². The van der Waals surface area contributed by atoms with Gasteiger partial charge in [-0.2, -0.15) is 0 Å².